The highest BCUT2D eigenvalue weighted by molar-refractivity contribution is 6.07. The zero-order valence-corrected chi connectivity index (χ0v) is 19.4. The van der Waals surface area contributed by atoms with E-state index in [0.29, 0.717) is 51.4 Å². The van der Waals surface area contributed by atoms with Crippen LogP contribution in [0.2, 0.25) is 0 Å². The van der Waals surface area contributed by atoms with E-state index in [1.807, 2.05) is 18.2 Å². The first kappa shape index (κ1) is 23.1. The van der Waals surface area contributed by atoms with Gasteiger partial charge in [-0.2, -0.15) is 0 Å². The molecule has 1 spiro atoms. The van der Waals surface area contributed by atoms with Gasteiger partial charge in [-0.1, -0.05) is 25.3 Å². The summed E-state index contributed by atoms with van der Waals surface area (Å²) in [6.07, 6.45) is 6.12. The summed E-state index contributed by atoms with van der Waals surface area (Å²) in [6, 6.07) is 4.88. The molecule has 9 heteroatoms. The van der Waals surface area contributed by atoms with E-state index in [2.05, 4.69) is 16.0 Å². The Morgan fingerprint density at radius 1 is 1.06 bits per heavy atom. The first-order valence-corrected chi connectivity index (χ1v) is 12.4. The Balaban J connectivity index is 1.29. The molecule has 2 saturated heterocycles. The molecule has 1 aromatic carbocycles. The minimum atomic E-state index is -0.681. The SMILES string of the molecule is O=C(N[C@H](C(=O)Nc1ccc2c(c1)NC(=O)C21CCOCC1)C1CCCCC1)OC1CCOC1. The van der Waals surface area contributed by atoms with Crippen LogP contribution < -0.4 is 16.0 Å². The average molecular weight is 472 g/mol. The lowest BCUT2D eigenvalue weighted by molar-refractivity contribution is -0.124. The number of carbonyl (C=O) groups excluding carboxylic acids is 3. The predicted octanol–water partition coefficient (Wildman–Crippen LogP) is 3.09. The highest BCUT2D eigenvalue weighted by Crippen LogP contribution is 2.45. The van der Waals surface area contributed by atoms with E-state index in [4.69, 9.17) is 14.2 Å². The van der Waals surface area contributed by atoms with Gasteiger partial charge >= 0.3 is 6.09 Å². The molecule has 1 aliphatic carbocycles. The van der Waals surface area contributed by atoms with Gasteiger partial charge in [0.2, 0.25) is 11.8 Å². The summed E-state index contributed by atoms with van der Waals surface area (Å²) >= 11 is 0. The van der Waals surface area contributed by atoms with Crippen molar-refractivity contribution >= 4 is 29.3 Å². The summed E-state index contributed by atoms with van der Waals surface area (Å²) < 4.78 is 16.2. The van der Waals surface area contributed by atoms with Crippen molar-refractivity contribution in [2.75, 3.05) is 37.1 Å². The molecule has 3 heterocycles. The predicted molar refractivity (Wildman–Crippen MR) is 125 cm³/mol. The summed E-state index contributed by atoms with van der Waals surface area (Å²) in [5.74, 6) is -0.216. The summed E-state index contributed by atoms with van der Waals surface area (Å²) in [6.45, 7) is 2.09. The van der Waals surface area contributed by atoms with Crippen molar-refractivity contribution in [1.82, 2.24) is 5.32 Å². The minimum absolute atomic E-state index is 0.00494. The fourth-order valence-corrected chi connectivity index (χ4v) is 5.73. The number of rotatable bonds is 5. The van der Waals surface area contributed by atoms with Gasteiger partial charge in [-0.25, -0.2) is 4.79 Å². The Bertz CT molecular complexity index is 933. The number of fused-ring (bicyclic) bond motifs is 2. The minimum Gasteiger partial charge on any atom is -0.444 e. The van der Waals surface area contributed by atoms with Crippen molar-refractivity contribution < 1.29 is 28.6 Å². The molecular formula is C25H33N3O6. The van der Waals surface area contributed by atoms with Crippen molar-refractivity contribution in [1.29, 1.82) is 0 Å². The molecule has 1 saturated carbocycles. The number of hydrogen-bond donors (Lipinski definition) is 3. The Morgan fingerprint density at radius 3 is 2.59 bits per heavy atom. The van der Waals surface area contributed by atoms with Gasteiger partial charge in [0.25, 0.3) is 0 Å². The zero-order valence-electron chi connectivity index (χ0n) is 19.4. The van der Waals surface area contributed by atoms with Crippen molar-refractivity contribution in [3.05, 3.63) is 23.8 Å². The highest BCUT2D eigenvalue weighted by Gasteiger charge is 2.47. The molecule has 1 unspecified atom stereocenters. The smallest absolute Gasteiger partial charge is 0.408 e. The van der Waals surface area contributed by atoms with Crippen LogP contribution in [0.15, 0.2) is 18.2 Å². The van der Waals surface area contributed by atoms with Gasteiger partial charge in [0, 0.05) is 31.0 Å². The maximum Gasteiger partial charge on any atom is 0.408 e. The van der Waals surface area contributed by atoms with Gasteiger partial charge in [0.05, 0.1) is 18.6 Å². The zero-order chi connectivity index (χ0) is 23.5. The molecule has 3 aliphatic heterocycles. The molecule has 5 rings (SSSR count). The number of nitrogens with one attached hydrogen (secondary N) is 3. The van der Waals surface area contributed by atoms with E-state index in [0.717, 1.165) is 43.4 Å². The fourth-order valence-electron chi connectivity index (χ4n) is 5.73. The first-order chi connectivity index (χ1) is 16.5. The molecule has 34 heavy (non-hydrogen) atoms. The lowest BCUT2D eigenvalue weighted by Gasteiger charge is -2.31. The van der Waals surface area contributed by atoms with Crippen molar-refractivity contribution in [2.45, 2.75) is 68.9 Å². The maximum atomic E-state index is 13.3. The molecule has 4 aliphatic rings. The second-order valence-electron chi connectivity index (χ2n) is 9.81. The maximum absolute atomic E-state index is 13.3. The molecule has 184 valence electrons. The first-order valence-electron chi connectivity index (χ1n) is 12.4. The number of ether oxygens (including phenoxy) is 3. The van der Waals surface area contributed by atoms with Crippen molar-refractivity contribution in [3.8, 4) is 0 Å². The van der Waals surface area contributed by atoms with Crippen LogP contribution >= 0.6 is 0 Å². The number of alkyl carbamates (subject to hydrolysis) is 1. The topological polar surface area (TPSA) is 115 Å². The van der Waals surface area contributed by atoms with Crippen LogP contribution in [-0.2, 0) is 29.2 Å². The third-order valence-electron chi connectivity index (χ3n) is 7.67. The van der Waals surface area contributed by atoms with Crippen LogP contribution in [0.1, 0.15) is 56.9 Å². The van der Waals surface area contributed by atoms with Gasteiger partial charge < -0.3 is 30.2 Å². The van der Waals surface area contributed by atoms with Crippen LogP contribution in [0, 0.1) is 5.92 Å². The van der Waals surface area contributed by atoms with E-state index in [9.17, 15) is 14.4 Å². The van der Waals surface area contributed by atoms with E-state index >= 15 is 0 Å². The lowest BCUT2D eigenvalue weighted by Crippen LogP contribution is -2.49. The van der Waals surface area contributed by atoms with Gasteiger partial charge in [-0.3, -0.25) is 9.59 Å². The van der Waals surface area contributed by atoms with E-state index < -0.39 is 17.6 Å². The standard InChI is InChI=1S/C25H33N3O6/c29-22(21(16-4-2-1-3-5-16)28-24(31)34-18-8-11-33-15-18)26-17-6-7-19-20(14-17)27-23(30)25(19)9-12-32-13-10-25/h6-7,14,16,18,21H,1-5,8-13,15H2,(H,26,29)(H,27,30)(H,28,31)/t18?,21-/m0/s1. The van der Waals surface area contributed by atoms with E-state index in [-0.39, 0.29) is 23.8 Å². The van der Waals surface area contributed by atoms with Crippen LogP contribution in [0.3, 0.4) is 0 Å². The number of amides is 3. The summed E-state index contributed by atoms with van der Waals surface area (Å²) in [5, 5.41) is 8.78. The Hall–Kier alpha value is -2.65. The molecule has 9 nitrogen and oxygen atoms in total. The van der Waals surface area contributed by atoms with Gasteiger partial charge in [0.1, 0.15) is 12.1 Å². The Morgan fingerprint density at radius 2 is 1.85 bits per heavy atom. The van der Waals surface area contributed by atoms with Crippen LogP contribution in [0.25, 0.3) is 0 Å². The summed E-state index contributed by atoms with van der Waals surface area (Å²) in [4.78, 5) is 38.7. The second-order valence-corrected chi connectivity index (χ2v) is 9.81. The normalized spacial score (nSPS) is 24.8. The second kappa shape index (κ2) is 9.92. The Labute approximate surface area is 199 Å². The molecule has 3 amide bonds. The van der Waals surface area contributed by atoms with Crippen molar-refractivity contribution in [2.24, 2.45) is 5.92 Å². The monoisotopic (exact) mass is 471 g/mol. The molecule has 0 bridgehead atoms. The highest BCUT2D eigenvalue weighted by atomic mass is 16.6. The molecule has 3 N–H and O–H groups in total. The third kappa shape index (κ3) is 4.63. The van der Waals surface area contributed by atoms with Gasteiger partial charge in [-0.05, 0) is 49.3 Å². The van der Waals surface area contributed by atoms with Crippen LogP contribution in [-0.4, -0.2) is 56.5 Å². The molecular weight excluding hydrogens is 438 g/mol. The van der Waals surface area contributed by atoms with E-state index in [1.165, 1.54) is 0 Å². The summed E-state index contributed by atoms with van der Waals surface area (Å²) in [7, 11) is 0. The van der Waals surface area contributed by atoms with Crippen LogP contribution in [0.4, 0.5) is 16.2 Å². The number of carbonyl (C=O) groups is 3. The van der Waals surface area contributed by atoms with Gasteiger partial charge in [0.15, 0.2) is 0 Å². The lowest BCUT2D eigenvalue weighted by atomic mass is 9.75. The average Bonchev–Trinajstić information content (AvgIpc) is 3.45. The number of anilines is 2. The Kier molecular flexibility index (Phi) is 6.74. The third-order valence-corrected chi connectivity index (χ3v) is 7.67. The molecule has 3 fully saturated rings. The number of benzene rings is 1. The molecule has 0 radical (unpaired) electrons. The van der Waals surface area contributed by atoms with Gasteiger partial charge in [-0.15, -0.1) is 0 Å². The largest absolute Gasteiger partial charge is 0.444 e. The number of hydrogen-bond acceptors (Lipinski definition) is 6. The fraction of sp³-hybridized carbons (Fsp3) is 0.640. The molecule has 0 aromatic heterocycles. The quantitative estimate of drug-likeness (QED) is 0.608. The molecule has 2 atom stereocenters. The van der Waals surface area contributed by atoms with Crippen molar-refractivity contribution in [3.63, 3.8) is 0 Å². The van der Waals surface area contributed by atoms with Crippen LogP contribution in [0.5, 0.6) is 0 Å². The summed E-state index contributed by atoms with van der Waals surface area (Å²) in [5.41, 5.74) is 1.74. The molecule has 1 aromatic rings. The van der Waals surface area contributed by atoms with E-state index in [1.54, 1.807) is 0 Å².